The standard InChI is InChI=1S/C9H14F3N3O2/c1-2-3-15-7(4-13-14-15)8(16)5-17-6-9(10,11)12/h4,8,16H,2-3,5-6H2,1H3. The highest BCUT2D eigenvalue weighted by Crippen LogP contribution is 2.17. The summed E-state index contributed by atoms with van der Waals surface area (Å²) in [5.41, 5.74) is 0.356. The lowest BCUT2D eigenvalue weighted by atomic mass is 10.3. The van der Waals surface area contributed by atoms with Crippen LogP contribution in [0.25, 0.3) is 0 Å². The van der Waals surface area contributed by atoms with Crippen LogP contribution in [-0.2, 0) is 11.3 Å². The van der Waals surface area contributed by atoms with E-state index in [0.717, 1.165) is 6.42 Å². The average molecular weight is 253 g/mol. The lowest BCUT2D eigenvalue weighted by molar-refractivity contribution is -0.179. The third-order valence-corrected chi connectivity index (χ3v) is 1.97. The molecular weight excluding hydrogens is 239 g/mol. The maximum absolute atomic E-state index is 11.8. The first-order valence-corrected chi connectivity index (χ1v) is 5.15. The second-order valence-electron chi connectivity index (χ2n) is 3.53. The Morgan fingerprint density at radius 3 is 2.82 bits per heavy atom. The highest BCUT2D eigenvalue weighted by atomic mass is 19.4. The fourth-order valence-corrected chi connectivity index (χ4v) is 1.28. The Labute approximate surface area is 96.2 Å². The smallest absolute Gasteiger partial charge is 0.384 e. The van der Waals surface area contributed by atoms with Crippen molar-refractivity contribution in [1.82, 2.24) is 15.0 Å². The molecule has 0 aliphatic carbocycles. The zero-order chi connectivity index (χ0) is 12.9. The molecule has 1 aromatic rings. The Morgan fingerprint density at radius 2 is 2.24 bits per heavy atom. The van der Waals surface area contributed by atoms with Crippen molar-refractivity contribution < 1.29 is 23.0 Å². The van der Waals surface area contributed by atoms with Gasteiger partial charge in [-0.25, -0.2) is 4.68 Å². The van der Waals surface area contributed by atoms with Gasteiger partial charge in [0.2, 0.25) is 0 Å². The fraction of sp³-hybridized carbons (Fsp3) is 0.778. The van der Waals surface area contributed by atoms with E-state index < -0.39 is 25.5 Å². The van der Waals surface area contributed by atoms with Gasteiger partial charge >= 0.3 is 6.18 Å². The van der Waals surface area contributed by atoms with Crippen molar-refractivity contribution in [2.45, 2.75) is 32.2 Å². The summed E-state index contributed by atoms with van der Waals surface area (Å²) >= 11 is 0. The maximum Gasteiger partial charge on any atom is 0.411 e. The van der Waals surface area contributed by atoms with Gasteiger partial charge < -0.3 is 9.84 Å². The molecular formula is C9H14F3N3O2. The van der Waals surface area contributed by atoms with Crippen LogP contribution in [0.2, 0.25) is 0 Å². The van der Waals surface area contributed by atoms with Gasteiger partial charge in [0, 0.05) is 6.54 Å². The molecule has 1 rings (SSSR count). The van der Waals surface area contributed by atoms with Crippen molar-refractivity contribution in [1.29, 1.82) is 0 Å². The molecule has 0 spiro atoms. The number of aromatic nitrogens is 3. The molecule has 0 aliphatic heterocycles. The second kappa shape index (κ2) is 5.97. The fourth-order valence-electron chi connectivity index (χ4n) is 1.28. The SMILES string of the molecule is CCCn1nncc1C(O)COCC(F)(F)F. The number of halogens is 3. The first kappa shape index (κ1) is 13.9. The molecule has 0 saturated heterocycles. The van der Waals surface area contributed by atoms with Gasteiger partial charge in [0.15, 0.2) is 0 Å². The number of nitrogens with zero attached hydrogens (tertiary/aromatic N) is 3. The van der Waals surface area contributed by atoms with E-state index in [1.54, 1.807) is 0 Å². The number of rotatable bonds is 6. The van der Waals surface area contributed by atoms with Gasteiger partial charge in [0.1, 0.15) is 12.7 Å². The van der Waals surface area contributed by atoms with Crippen LogP contribution >= 0.6 is 0 Å². The van der Waals surface area contributed by atoms with Gasteiger partial charge in [-0.3, -0.25) is 0 Å². The summed E-state index contributed by atoms with van der Waals surface area (Å²) in [6, 6.07) is 0. The molecule has 0 fully saturated rings. The molecule has 98 valence electrons. The number of alkyl halides is 3. The Balaban J connectivity index is 2.46. The van der Waals surface area contributed by atoms with E-state index >= 15 is 0 Å². The summed E-state index contributed by atoms with van der Waals surface area (Å²) in [5, 5.41) is 16.9. The summed E-state index contributed by atoms with van der Waals surface area (Å²) in [6.07, 6.45) is -3.44. The van der Waals surface area contributed by atoms with E-state index in [1.165, 1.54) is 10.9 Å². The first-order chi connectivity index (χ1) is 7.94. The van der Waals surface area contributed by atoms with Crippen molar-refractivity contribution in [3.8, 4) is 0 Å². The summed E-state index contributed by atoms with van der Waals surface area (Å²) in [7, 11) is 0. The second-order valence-corrected chi connectivity index (χ2v) is 3.53. The molecule has 0 bridgehead atoms. The van der Waals surface area contributed by atoms with Crippen LogP contribution in [0.1, 0.15) is 25.1 Å². The summed E-state index contributed by atoms with van der Waals surface area (Å²) in [6.45, 7) is 0.652. The van der Waals surface area contributed by atoms with E-state index in [1.807, 2.05) is 6.92 Å². The average Bonchev–Trinajstić information content (AvgIpc) is 2.64. The molecule has 0 amide bonds. The van der Waals surface area contributed by atoms with Gasteiger partial charge in [0.25, 0.3) is 0 Å². The van der Waals surface area contributed by atoms with Crippen LogP contribution in [0.5, 0.6) is 0 Å². The number of aliphatic hydroxyl groups excluding tert-OH is 1. The van der Waals surface area contributed by atoms with Crippen molar-refractivity contribution in [3.05, 3.63) is 11.9 Å². The first-order valence-electron chi connectivity index (χ1n) is 5.15. The molecule has 1 aromatic heterocycles. The van der Waals surface area contributed by atoms with Gasteiger partial charge in [-0.2, -0.15) is 13.2 Å². The Kier molecular flexibility index (Phi) is 4.88. The summed E-state index contributed by atoms with van der Waals surface area (Å²) in [5.74, 6) is 0. The monoisotopic (exact) mass is 253 g/mol. The predicted molar refractivity (Wildman–Crippen MR) is 52.1 cm³/mol. The van der Waals surface area contributed by atoms with Crippen LogP contribution < -0.4 is 0 Å². The zero-order valence-electron chi connectivity index (χ0n) is 9.31. The third-order valence-electron chi connectivity index (χ3n) is 1.97. The highest BCUT2D eigenvalue weighted by molar-refractivity contribution is 4.98. The predicted octanol–water partition coefficient (Wildman–Crippen LogP) is 1.30. The molecule has 1 N–H and O–H groups in total. The Hall–Kier alpha value is -1.15. The maximum atomic E-state index is 11.8. The molecule has 1 unspecified atom stereocenters. The van der Waals surface area contributed by atoms with E-state index in [-0.39, 0.29) is 0 Å². The molecule has 0 aromatic carbocycles. The third kappa shape index (κ3) is 4.70. The van der Waals surface area contributed by atoms with Crippen LogP contribution in [0.15, 0.2) is 6.20 Å². The summed E-state index contributed by atoms with van der Waals surface area (Å²) < 4.78 is 41.3. The van der Waals surface area contributed by atoms with Crippen LogP contribution in [0.3, 0.4) is 0 Å². The number of ether oxygens (including phenoxy) is 1. The zero-order valence-corrected chi connectivity index (χ0v) is 9.31. The van der Waals surface area contributed by atoms with E-state index in [0.29, 0.717) is 12.2 Å². The minimum absolute atomic E-state index is 0.356. The molecule has 0 radical (unpaired) electrons. The lowest BCUT2D eigenvalue weighted by Crippen LogP contribution is -2.21. The minimum atomic E-state index is -4.39. The minimum Gasteiger partial charge on any atom is -0.384 e. The number of aryl methyl sites for hydroxylation is 1. The quantitative estimate of drug-likeness (QED) is 0.830. The molecule has 1 heterocycles. The number of hydrogen-bond donors (Lipinski definition) is 1. The van der Waals surface area contributed by atoms with Crippen molar-refractivity contribution in [2.24, 2.45) is 0 Å². The van der Waals surface area contributed by atoms with Crippen molar-refractivity contribution >= 4 is 0 Å². The molecule has 0 saturated carbocycles. The van der Waals surface area contributed by atoms with Crippen molar-refractivity contribution in [3.63, 3.8) is 0 Å². The van der Waals surface area contributed by atoms with Gasteiger partial charge in [-0.1, -0.05) is 12.1 Å². The van der Waals surface area contributed by atoms with Crippen LogP contribution in [-0.4, -0.2) is 39.5 Å². The van der Waals surface area contributed by atoms with Gasteiger partial charge in [-0.15, -0.1) is 5.10 Å². The van der Waals surface area contributed by atoms with Crippen molar-refractivity contribution in [2.75, 3.05) is 13.2 Å². The molecule has 5 nitrogen and oxygen atoms in total. The number of hydrogen-bond acceptors (Lipinski definition) is 4. The molecule has 8 heteroatoms. The van der Waals surface area contributed by atoms with E-state index in [2.05, 4.69) is 15.0 Å². The van der Waals surface area contributed by atoms with Crippen LogP contribution in [0, 0.1) is 0 Å². The molecule has 17 heavy (non-hydrogen) atoms. The number of aliphatic hydroxyl groups is 1. The van der Waals surface area contributed by atoms with Gasteiger partial charge in [-0.05, 0) is 6.42 Å². The van der Waals surface area contributed by atoms with Crippen LogP contribution in [0.4, 0.5) is 13.2 Å². The Morgan fingerprint density at radius 1 is 1.53 bits per heavy atom. The van der Waals surface area contributed by atoms with E-state index in [4.69, 9.17) is 0 Å². The lowest BCUT2D eigenvalue weighted by Gasteiger charge is -2.13. The highest BCUT2D eigenvalue weighted by Gasteiger charge is 2.28. The molecule has 1 atom stereocenters. The summed E-state index contributed by atoms with van der Waals surface area (Å²) in [4.78, 5) is 0. The van der Waals surface area contributed by atoms with E-state index in [9.17, 15) is 18.3 Å². The normalized spacial score (nSPS) is 13.9. The largest absolute Gasteiger partial charge is 0.411 e. The molecule has 0 aliphatic rings. The van der Waals surface area contributed by atoms with Gasteiger partial charge in [0.05, 0.1) is 18.5 Å². The Bertz CT molecular complexity index is 340. The topological polar surface area (TPSA) is 60.2 Å².